The van der Waals surface area contributed by atoms with Crippen LogP contribution in [0.2, 0.25) is 0 Å². The lowest BCUT2D eigenvalue weighted by Gasteiger charge is -2.12. The highest BCUT2D eigenvalue weighted by Gasteiger charge is 2.06. The molecule has 0 aliphatic carbocycles. The third-order valence-corrected chi connectivity index (χ3v) is 2.48. The molecule has 0 saturated carbocycles. The highest BCUT2D eigenvalue weighted by Crippen LogP contribution is 2.21. The molecule has 1 aromatic carbocycles. The summed E-state index contributed by atoms with van der Waals surface area (Å²) in [5.74, 6) is 0.462. The third-order valence-electron chi connectivity index (χ3n) is 2.48. The fraction of sp³-hybridized carbons (Fsp3) is 0.267. The Morgan fingerprint density at radius 1 is 1.33 bits per heavy atom. The SMILES string of the molecule is [2H]C([2H])([2H])C([2H])([2H])c1ccc(=O)n(-c2ccccc2OCC)c1. The van der Waals surface area contributed by atoms with Gasteiger partial charge in [0.1, 0.15) is 5.75 Å². The number of pyridine rings is 1. The van der Waals surface area contributed by atoms with Crippen LogP contribution in [-0.4, -0.2) is 11.2 Å². The number of rotatable bonds is 4. The van der Waals surface area contributed by atoms with E-state index in [0.717, 1.165) is 6.07 Å². The first kappa shape index (κ1) is 7.41. The van der Waals surface area contributed by atoms with Crippen LogP contribution in [0.5, 0.6) is 5.75 Å². The van der Waals surface area contributed by atoms with Gasteiger partial charge in [-0.1, -0.05) is 25.1 Å². The second kappa shape index (κ2) is 5.54. The molecule has 2 aromatic rings. The van der Waals surface area contributed by atoms with Crippen LogP contribution >= 0.6 is 0 Å². The summed E-state index contributed by atoms with van der Waals surface area (Å²) in [7, 11) is 0. The van der Waals surface area contributed by atoms with Crippen LogP contribution in [-0.2, 0) is 6.37 Å². The van der Waals surface area contributed by atoms with Gasteiger partial charge >= 0.3 is 0 Å². The maximum atomic E-state index is 12.1. The zero-order chi connectivity index (χ0) is 17.3. The Morgan fingerprint density at radius 2 is 2.17 bits per heavy atom. The van der Waals surface area contributed by atoms with Gasteiger partial charge in [-0.25, -0.2) is 0 Å². The Kier molecular flexibility index (Phi) is 2.28. The minimum absolute atomic E-state index is 0.0941. The van der Waals surface area contributed by atoms with E-state index in [1.54, 1.807) is 24.3 Å². The second-order valence-electron chi connectivity index (χ2n) is 3.65. The van der Waals surface area contributed by atoms with E-state index in [9.17, 15) is 4.79 Å². The Balaban J connectivity index is 2.62. The Bertz CT molecular complexity index is 752. The first-order valence-corrected chi connectivity index (χ1v) is 5.64. The summed E-state index contributed by atoms with van der Waals surface area (Å²) in [6.07, 6.45) is -1.35. The van der Waals surface area contributed by atoms with E-state index in [2.05, 4.69) is 0 Å². The van der Waals surface area contributed by atoms with Gasteiger partial charge < -0.3 is 4.74 Å². The lowest BCUT2D eigenvalue weighted by Crippen LogP contribution is -2.17. The number of ether oxygens (including phenoxy) is 1. The summed E-state index contributed by atoms with van der Waals surface area (Å²) in [4.78, 5) is 12.1. The van der Waals surface area contributed by atoms with Crippen LogP contribution in [0.4, 0.5) is 0 Å². The summed E-state index contributed by atoms with van der Waals surface area (Å²) < 4.78 is 44.4. The first-order chi connectivity index (χ1) is 10.7. The quantitative estimate of drug-likeness (QED) is 0.833. The molecule has 0 saturated heterocycles. The topological polar surface area (TPSA) is 31.2 Å². The van der Waals surface area contributed by atoms with Crippen molar-refractivity contribution in [3.8, 4) is 11.4 Å². The fourth-order valence-electron chi connectivity index (χ4n) is 1.68. The van der Waals surface area contributed by atoms with E-state index in [1.165, 1.54) is 16.8 Å². The van der Waals surface area contributed by atoms with Gasteiger partial charge in [-0.3, -0.25) is 9.36 Å². The Morgan fingerprint density at radius 3 is 2.94 bits per heavy atom. The van der Waals surface area contributed by atoms with E-state index in [4.69, 9.17) is 11.6 Å². The molecule has 0 atom stereocenters. The lowest BCUT2D eigenvalue weighted by atomic mass is 10.2. The van der Waals surface area contributed by atoms with E-state index in [-0.39, 0.29) is 5.56 Å². The van der Waals surface area contributed by atoms with Crippen LogP contribution in [0.15, 0.2) is 47.4 Å². The molecule has 3 nitrogen and oxygen atoms in total. The average Bonchev–Trinajstić information content (AvgIpc) is 2.47. The predicted octanol–water partition coefficient (Wildman–Crippen LogP) is 2.80. The van der Waals surface area contributed by atoms with Gasteiger partial charge in [0.2, 0.25) is 0 Å². The third kappa shape index (κ3) is 2.45. The molecule has 1 heterocycles. The van der Waals surface area contributed by atoms with Crippen molar-refractivity contribution in [1.29, 1.82) is 0 Å². The van der Waals surface area contributed by atoms with Gasteiger partial charge in [0.25, 0.3) is 5.56 Å². The molecule has 0 amide bonds. The Labute approximate surface area is 114 Å². The predicted molar refractivity (Wildman–Crippen MR) is 72.6 cm³/mol. The number of benzene rings is 1. The number of hydrogen-bond acceptors (Lipinski definition) is 2. The smallest absolute Gasteiger partial charge is 0.255 e. The summed E-state index contributed by atoms with van der Waals surface area (Å²) in [6, 6.07) is 9.17. The fourth-order valence-corrected chi connectivity index (χ4v) is 1.68. The van der Waals surface area contributed by atoms with Crippen molar-refractivity contribution < 1.29 is 11.6 Å². The zero-order valence-corrected chi connectivity index (χ0v) is 10.0. The van der Waals surface area contributed by atoms with Crippen molar-refractivity contribution in [2.75, 3.05) is 6.61 Å². The molecule has 0 radical (unpaired) electrons. The van der Waals surface area contributed by atoms with Gasteiger partial charge in [0, 0.05) is 19.1 Å². The average molecular weight is 248 g/mol. The highest BCUT2D eigenvalue weighted by molar-refractivity contribution is 5.47. The number of nitrogens with zero attached hydrogens (tertiary/aromatic N) is 1. The Hall–Kier alpha value is -2.03. The summed E-state index contributed by atoms with van der Waals surface area (Å²) >= 11 is 0. The minimum Gasteiger partial charge on any atom is -0.492 e. The van der Waals surface area contributed by atoms with Gasteiger partial charge in [0.05, 0.1) is 12.3 Å². The van der Waals surface area contributed by atoms with E-state index in [0.29, 0.717) is 18.0 Å². The number of aromatic nitrogens is 1. The van der Waals surface area contributed by atoms with Crippen LogP contribution in [0, 0.1) is 0 Å². The van der Waals surface area contributed by atoms with Gasteiger partial charge in [-0.05, 0) is 31.0 Å². The molecule has 18 heavy (non-hydrogen) atoms. The van der Waals surface area contributed by atoms with Crippen LogP contribution in [0.3, 0.4) is 0 Å². The van der Waals surface area contributed by atoms with Crippen molar-refractivity contribution in [1.82, 2.24) is 4.57 Å². The maximum absolute atomic E-state index is 12.1. The second-order valence-corrected chi connectivity index (χ2v) is 3.65. The van der Waals surface area contributed by atoms with Crippen LogP contribution < -0.4 is 10.3 Å². The zero-order valence-electron chi connectivity index (χ0n) is 15.0. The summed E-state index contributed by atoms with van der Waals surface area (Å²) in [5.41, 5.74) is -0.0619. The standard InChI is InChI=1S/C15H17NO2/c1-3-12-9-10-15(17)16(11-12)13-7-5-6-8-14(13)18-4-2/h5-11H,3-4H2,1-2H3/i1D3,3D2. The van der Waals surface area contributed by atoms with Gasteiger partial charge in [-0.2, -0.15) is 0 Å². The normalized spacial score (nSPS) is 15.9. The van der Waals surface area contributed by atoms with Gasteiger partial charge in [0.15, 0.2) is 0 Å². The minimum atomic E-state index is -2.84. The monoisotopic (exact) mass is 248 g/mol. The highest BCUT2D eigenvalue weighted by atomic mass is 16.5. The van der Waals surface area contributed by atoms with Crippen molar-refractivity contribution in [2.45, 2.75) is 20.1 Å². The summed E-state index contributed by atoms with van der Waals surface area (Å²) in [6.45, 7) is -0.626. The summed E-state index contributed by atoms with van der Waals surface area (Å²) in [5, 5.41) is 0. The molecule has 2 rings (SSSR count). The molecule has 0 aliphatic heterocycles. The number of para-hydroxylation sites is 2. The maximum Gasteiger partial charge on any atom is 0.255 e. The van der Waals surface area contributed by atoms with Gasteiger partial charge in [-0.15, -0.1) is 0 Å². The molecule has 1 aromatic heterocycles. The molecule has 0 bridgehead atoms. The van der Waals surface area contributed by atoms with Crippen molar-refractivity contribution in [3.63, 3.8) is 0 Å². The van der Waals surface area contributed by atoms with Crippen molar-refractivity contribution in [3.05, 3.63) is 58.5 Å². The molecule has 0 unspecified atom stereocenters. The lowest BCUT2D eigenvalue weighted by molar-refractivity contribution is 0.339. The molecular formula is C15H17NO2. The van der Waals surface area contributed by atoms with Crippen molar-refractivity contribution in [2.24, 2.45) is 0 Å². The van der Waals surface area contributed by atoms with Crippen molar-refractivity contribution >= 4 is 0 Å². The van der Waals surface area contributed by atoms with E-state index < -0.39 is 18.8 Å². The number of hydrogen-bond donors (Lipinski definition) is 0. The van der Waals surface area contributed by atoms with Crippen LogP contribution in [0.25, 0.3) is 5.69 Å². The largest absolute Gasteiger partial charge is 0.492 e. The molecule has 0 fully saturated rings. The molecule has 0 N–H and O–H groups in total. The molecule has 94 valence electrons. The van der Waals surface area contributed by atoms with Crippen LogP contribution in [0.1, 0.15) is 26.2 Å². The first-order valence-electron chi connectivity index (χ1n) is 8.14. The number of aryl methyl sites for hydroxylation is 1. The molecule has 0 aliphatic rings. The molecule has 0 spiro atoms. The van der Waals surface area contributed by atoms with E-state index in [1.807, 2.05) is 6.92 Å². The van der Waals surface area contributed by atoms with E-state index >= 15 is 0 Å². The molecular weight excluding hydrogens is 226 g/mol. The molecule has 3 heteroatoms.